The molecule has 0 spiro atoms. The van der Waals surface area contributed by atoms with Gasteiger partial charge in [0.25, 0.3) is 0 Å². The van der Waals surface area contributed by atoms with Crippen molar-refractivity contribution in [1.82, 2.24) is 9.88 Å². The topological polar surface area (TPSA) is 33.2 Å². The van der Waals surface area contributed by atoms with E-state index in [2.05, 4.69) is 20.9 Å². The van der Waals surface area contributed by atoms with Crippen LogP contribution in [0.3, 0.4) is 0 Å². The molecular formula is C10H13BrN2O. The molecule has 0 saturated carbocycles. The summed E-state index contributed by atoms with van der Waals surface area (Å²) in [5, 5.41) is 0. The number of alkyl halides is 1. The van der Waals surface area contributed by atoms with Crippen LogP contribution < -0.4 is 0 Å². The molecule has 0 saturated heterocycles. The van der Waals surface area contributed by atoms with Gasteiger partial charge in [-0.3, -0.25) is 9.78 Å². The van der Waals surface area contributed by atoms with Crippen LogP contribution in [0.2, 0.25) is 0 Å². The summed E-state index contributed by atoms with van der Waals surface area (Å²) in [5.41, 5.74) is 0.900. The standard InChI is InChI=1S/C10H13BrN2O/c1-8(11)10(14)13(2)7-9-5-3-4-6-12-9/h3-6,8H,7H2,1-2H3. The third kappa shape index (κ3) is 3.10. The molecular weight excluding hydrogens is 244 g/mol. The number of amides is 1. The molecule has 0 bridgehead atoms. The van der Waals surface area contributed by atoms with Crippen molar-refractivity contribution in [2.24, 2.45) is 0 Å². The molecule has 1 rings (SSSR count). The molecule has 0 fully saturated rings. The average Bonchev–Trinajstić information content (AvgIpc) is 2.18. The largest absolute Gasteiger partial charge is 0.339 e. The number of hydrogen-bond acceptors (Lipinski definition) is 2. The van der Waals surface area contributed by atoms with Gasteiger partial charge in [0.15, 0.2) is 0 Å². The minimum atomic E-state index is -0.142. The van der Waals surface area contributed by atoms with Crippen LogP contribution in [0.4, 0.5) is 0 Å². The highest BCUT2D eigenvalue weighted by molar-refractivity contribution is 9.10. The second-order valence-corrected chi connectivity index (χ2v) is 4.50. The fraction of sp³-hybridized carbons (Fsp3) is 0.400. The van der Waals surface area contributed by atoms with Gasteiger partial charge in [0.05, 0.1) is 17.1 Å². The van der Waals surface area contributed by atoms with Crippen LogP contribution in [0.25, 0.3) is 0 Å². The second-order valence-electron chi connectivity index (χ2n) is 3.13. The Morgan fingerprint density at radius 2 is 2.36 bits per heavy atom. The number of carbonyl (C=O) groups is 1. The summed E-state index contributed by atoms with van der Waals surface area (Å²) >= 11 is 3.24. The Morgan fingerprint density at radius 3 is 2.86 bits per heavy atom. The van der Waals surface area contributed by atoms with E-state index in [-0.39, 0.29) is 10.7 Å². The quantitative estimate of drug-likeness (QED) is 0.774. The summed E-state index contributed by atoms with van der Waals surface area (Å²) in [6.07, 6.45) is 1.73. The fourth-order valence-electron chi connectivity index (χ4n) is 1.12. The van der Waals surface area contributed by atoms with Gasteiger partial charge in [-0.25, -0.2) is 0 Å². The van der Waals surface area contributed by atoms with Crippen LogP contribution in [0.1, 0.15) is 12.6 Å². The summed E-state index contributed by atoms with van der Waals surface area (Å²) in [4.78, 5) is 17.2. The Hall–Kier alpha value is -0.900. The molecule has 14 heavy (non-hydrogen) atoms. The van der Waals surface area contributed by atoms with Crippen LogP contribution in [-0.4, -0.2) is 27.7 Å². The lowest BCUT2D eigenvalue weighted by Crippen LogP contribution is -2.31. The molecule has 1 unspecified atom stereocenters. The molecule has 1 aromatic heterocycles. The van der Waals surface area contributed by atoms with Crippen molar-refractivity contribution < 1.29 is 4.79 Å². The predicted molar refractivity (Wildman–Crippen MR) is 59.1 cm³/mol. The molecule has 1 heterocycles. The van der Waals surface area contributed by atoms with Gasteiger partial charge in [-0.2, -0.15) is 0 Å². The van der Waals surface area contributed by atoms with Gasteiger partial charge in [0.2, 0.25) is 5.91 Å². The van der Waals surface area contributed by atoms with Crippen LogP contribution in [-0.2, 0) is 11.3 Å². The second kappa shape index (κ2) is 5.10. The molecule has 0 aromatic carbocycles. The maximum absolute atomic E-state index is 11.5. The summed E-state index contributed by atoms with van der Waals surface area (Å²) in [7, 11) is 1.77. The van der Waals surface area contributed by atoms with Crippen molar-refractivity contribution in [2.75, 3.05) is 7.05 Å². The molecule has 0 radical (unpaired) electrons. The van der Waals surface area contributed by atoms with Gasteiger partial charge in [-0.15, -0.1) is 0 Å². The van der Waals surface area contributed by atoms with E-state index in [4.69, 9.17) is 0 Å². The first-order valence-corrected chi connectivity index (χ1v) is 5.32. The van der Waals surface area contributed by atoms with E-state index in [0.717, 1.165) is 5.69 Å². The molecule has 0 N–H and O–H groups in total. The maximum Gasteiger partial charge on any atom is 0.236 e. The number of hydrogen-bond donors (Lipinski definition) is 0. The average molecular weight is 257 g/mol. The van der Waals surface area contributed by atoms with Crippen molar-refractivity contribution in [3.05, 3.63) is 30.1 Å². The Bertz CT molecular complexity index is 300. The summed E-state index contributed by atoms with van der Waals surface area (Å²) in [6, 6.07) is 5.68. The molecule has 4 heteroatoms. The van der Waals surface area contributed by atoms with Gasteiger partial charge >= 0.3 is 0 Å². The zero-order valence-electron chi connectivity index (χ0n) is 8.27. The highest BCUT2D eigenvalue weighted by Gasteiger charge is 2.14. The van der Waals surface area contributed by atoms with Gasteiger partial charge in [0.1, 0.15) is 0 Å². The van der Waals surface area contributed by atoms with Crippen LogP contribution in [0.15, 0.2) is 24.4 Å². The first kappa shape index (κ1) is 11.2. The Kier molecular flexibility index (Phi) is 4.07. The molecule has 76 valence electrons. The molecule has 0 aliphatic carbocycles. The maximum atomic E-state index is 11.5. The van der Waals surface area contributed by atoms with Crippen LogP contribution in [0, 0.1) is 0 Å². The van der Waals surface area contributed by atoms with E-state index >= 15 is 0 Å². The lowest BCUT2D eigenvalue weighted by molar-refractivity contribution is -0.129. The number of rotatable bonds is 3. The monoisotopic (exact) mass is 256 g/mol. The molecule has 1 atom stereocenters. The molecule has 1 amide bonds. The van der Waals surface area contributed by atoms with E-state index in [1.807, 2.05) is 25.1 Å². The fourth-order valence-corrected chi connectivity index (χ4v) is 1.47. The summed E-state index contributed by atoms with van der Waals surface area (Å²) in [5.74, 6) is 0.0654. The van der Waals surface area contributed by atoms with Crippen molar-refractivity contribution in [1.29, 1.82) is 0 Å². The summed E-state index contributed by atoms with van der Waals surface area (Å²) < 4.78 is 0. The van der Waals surface area contributed by atoms with Crippen molar-refractivity contribution >= 4 is 21.8 Å². The Labute approximate surface area is 92.3 Å². The first-order valence-electron chi connectivity index (χ1n) is 4.40. The third-order valence-corrected chi connectivity index (χ3v) is 2.23. The number of pyridine rings is 1. The highest BCUT2D eigenvalue weighted by atomic mass is 79.9. The lowest BCUT2D eigenvalue weighted by Gasteiger charge is -2.17. The number of nitrogens with zero attached hydrogens (tertiary/aromatic N) is 2. The van der Waals surface area contributed by atoms with E-state index < -0.39 is 0 Å². The number of aromatic nitrogens is 1. The van der Waals surface area contributed by atoms with E-state index in [9.17, 15) is 4.79 Å². The smallest absolute Gasteiger partial charge is 0.236 e. The molecule has 0 aliphatic rings. The third-order valence-electron chi connectivity index (χ3n) is 1.84. The molecule has 0 aliphatic heterocycles. The number of halogens is 1. The van der Waals surface area contributed by atoms with E-state index in [1.54, 1.807) is 18.1 Å². The van der Waals surface area contributed by atoms with Crippen LogP contribution in [0.5, 0.6) is 0 Å². The molecule has 3 nitrogen and oxygen atoms in total. The Morgan fingerprint density at radius 1 is 1.64 bits per heavy atom. The van der Waals surface area contributed by atoms with Crippen molar-refractivity contribution in [2.45, 2.75) is 18.3 Å². The lowest BCUT2D eigenvalue weighted by atomic mass is 10.3. The van der Waals surface area contributed by atoms with E-state index in [0.29, 0.717) is 6.54 Å². The van der Waals surface area contributed by atoms with Crippen LogP contribution >= 0.6 is 15.9 Å². The normalized spacial score (nSPS) is 12.2. The predicted octanol–water partition coefficient (Wildman–Crippen LogP) is 1.82. The zero-order chi connectivity index (χ0) is 10.6. The SMILES string of the molecule is CC(Br)C(=O)N(C)Cc1ccccn1. The Balaban J connectivity index is 2.57. The molecule has 1 aromatic rings. The van der Waals surface area contributed by atoms with Crippen molar-refractivity contribution in [3.63, 3.8) is 0 Å². The zero-order valence-corrected chi connectivity index (χ0v) is 9.86. The summed E-state index contributed by atoms with van der Waals surface area (Å²) in [6.45, 7) is 2.37. The number of carbonyl (C=O) groups excluding carboxylic acids is 1. The van der Waals surface area contributed by atoms with E-state index in [1.165, 1.54) is 0 Å². The minimum absolute atomic E-state index is 0.0654. The van der Waals surface area contributed by atoms with Gasteiger partial charge in [-0.1, -0.05) is 22.0 Å². The first-order chi connectivity index (χ1) is 6.61. The van der Waals surface area contributed by atoms with Gasteiger partial charge in [0, 0.05) is 13.2 Å². The van der Waals surface area contributed by atoms with Crippen molar-refractivity contribution in [3.8, 4) is 0 Å². The van der Waals surface area contributed by atoms with Gasteiger partial charge in [-0.05, 0) is 19.1 Å². The minimum Gasteiger partial charge on any atom is -0.339 e. The van der Waals surface area contributed by atoms with Gasteiger partial charge < -0.3 is 4.90 Å². The highest BCUT2D eigenvalue weighted by Crippen LogP contribution is 2.05.